The van der Waals surface area contributed by atoms with Crippen LogP contribution in [0.3, 0.4) is 0 Å². The molecule has 1 aromatic heterocycles. The molecule has 1 heterocycles. The summed E-state index contributed by atoms with van der Waals surface area (Å²) >= 11 is 0. The zero-order valence-corrected chi connectivity index (χ0v) is 12.7. The van der Waals surface area contributed by atoms with Crippen LogP contribution in [-0.4, -0.2) is 16.4 Å². The minimum atomic E-state index is -0.176. The van der Waals surface area contributed by atoms with E-state index >= 15 is 0 Å². The summed E-state index contributed by atoms with van der Waals surface area (Å²) in [4.78, 5) is 16.5. The van der Waals surface area contributed by atoms with Gasteiger partial charge in [-0.3, -0.25) is 9.78 Å². The Morgan fingerprint density at radius 3 is 2.65 bits per heavy atom. The number of para-hydroxylation sites is 1. The Hall–Kier alpha value is -1.90. The van der Waals surface area contributed by atoms with Gasteiger partial charge in [-0.15, -0.1) is 0 Å². The van der Waals surface area contributed by atoms with E-state index in [1.54, 1.807) is 0 Å². The molecule has 0 saturated heterocycles. The quantitative estimate of drug-likeness (QED) is 0.929. The van der Waals surface area contributed by atoms with Gasteiger partial charge in [0.2, 0.25) is 5.91 Å². The summed E-state index contributed by atoms with van der Waals surface area (Å²) in [6.07, 6.45) is 1.15. The number of hydrogen-bond acceptors (Lipinski definition) is 2. The van der Waals surface area contributed by atoms with Crippen LogP contribution in [0.25, 0.3) is 10.9 Å². The van der Waals surface area contributed by atoms with Crippen LogP contribution in [0.2, 0.25) is 0 Å². The summed E-state index contributed by atoms with van der Waals surface area (Å²) < 4.78 is 0. The van der Waals surface area contributed by atoms with Crippen molar-refractivity contribution >= 4 is 16.8 Å². The number of rotatable bonds is 3. The molecule has 0 atom stereocenters. The first-order chi connectivity index (χ1) is 9.35. The molecule has 1 N–H and O–H groups in total. The van der Waals surface area contributed by atoms with Gasteiger partial charge in [-0.2, -0.15) is 0 Å². The molecular formula is C17H22N2O. The van der Waals surface area contributed by atoms with E-state index in [9.17, 15) is 4.79 Å². The number of aromatic nitrogens is 1. The summed E-state index contributed by atoms with van der Waals surface area (Å²) in [5.74, 6) is 0.0733. The molecule has 1 amide bonds. The lowest BCUT2D eigenvalue weighted by atomic mass is 10.1. The van der Waals surface area contributed by atoms with E-state index < -0.39 is 0 Å². The summed E-state index contributed by atoms with van der Waals surface area (Å²) in [5.41, 5.74) is 2.99. The molecule has 0 aliphatic carbocycles. The van der Waals surface area contributed by atoms with Gasteiger partial charge in [0.05, 0.1) is 5.52 Å². The Balaban J connectivity index is 2.07. The molecule has 20 heavy (non-hydrogen) atoms. The van der Waals surface area contributed by atoms with Crippen LogP contribution in [0, 0.1) is 6.92 Å². The van der Waals surface area contributed by atoms with Crippen molar-refractivity contribution in [3.63, 3.8) is 0 Å². The molecule has 106 valence electrons. The highest BCUT2D eigenvalue weighted by Gasteiger charge is 2.13. The molecule has 3 heteroatoms. The molecule has 0 unspecified atom stereocenters. The number of nitrogens with one attached hydrogen (secondary N) is 1. The van der Waals surface area contributed by atoms with Gasteiger partial charge in [-0.25, -0.2) is 0 Å². The third kappa shape index (κ3) is 3.80. The largest absolute Gasteiger partial charge is 0.351 e. The van der Waals surface area contributed by atoms with Gasteiger partial charge in [-0.05, 0) is 45.7 Å². The van der Waals surface area contributed by atoms with E-state index in [1.165, 1.54) is 5.56 Å². The number of pyridine rings is 1. The van der Waals surface area contributed by atoms with Crippen molar-refractivity contribution in [2.45, 2.75) is 46.1 Å². The fraction of sp³-hybridized carbons (Fsp3) is 0.412. The number of nitrogens with zero attached hydrogens (tertiary/aromatic N) is 1. The van der Waals surface area contributed by atoms with Gasteiger partial charge in [0.1, 0.15) is 0 Å². The van der Waals surface area contributed by atoms with Crippen molar-refractivity contribution in [1.82, 2.24) is 10.3 Å². The molecule has 2 aromatic rings. The highest BCUT2D eigenvalue weighted by atomic mass is 16.1. The first-order valence-electron chi connectivity index (χ1n) is 7.01. The predicted molar refractivity (Wildman–Crippen MR) is 82.7 cm³/mol. The van der Waals surface area contributed by atoms with Crippen LogP contribution in [-0.2, 0) is 11.2 Å². The molecule has 2 rings (SSSR count). The number of fused-ring (bicyclic) bond motifs is 1. The molecule has 0 fully saturated rings. The number of benzene rings is 1. The Morgan fingerprint density at radius 1 is 1.20 bits per heavy atom. The fourth-order valence-corrected chi connectivity index (χ4v) is 2.20. The van der Waals surface area contributed by atoms with Gasteiger partial charge in [0.15, 0.2) is 0 Å². The highest BCUT2D eigenvalue weighted by Crippen LogP contribution is 2.17. The maximum Gasteiger partial charge on any atom is 0.220 e. The Bertz CT molecular complexity index is 626. The standard InChI is InChI=1S/C17H22N2O/c1-12-6-5-7-13-8-9-14(18-16(12)13)10-11-15(20)19-17(2,3)4/h5-9H,10-11H2,1-4H3,(H,19,20). The summed E-state index contributed by atoms with van der Waals surface area (Å²) in [6, 6.07) is 10.2. The second kappa shape index (κ2) is 5.61. The Kier molecular flexibility index (Phi) is 4.07. The van der Waals surface area contributed by atoms with Crippen LogP contribution >= 0.6 is 0 Å². The first-order valence-corrected chi connectivity index (χ1v) is 7.01. The fourth-order valence-electron chi connectivity index (χ4n) is 2.20. The second-order valence-corrected chi connectivity index (χ2v) is 6.25. The van der Waals surface area contributed by atoms with Crippen LogP contribution in [0.4, 0.5) is 0 Å². The number of hydrogen-bond donors (Lipinski definition) is 1. The summed E-state index contributed by atoms with van der Waals surface area (Å²) in [6.45, 7) is 8.03. The normalized spacial score (nSPS) is 11.6. The number of carbonyl (C=O) groups is 1. The molecule has 0 radical (unpaired) electrons. The molecule has 3 nitrogen and oxygen atoms in total. The van der Waals surface area contributed by atoms with E-state index in [1.807, 2.05) is 32.9 Å². The van der Waals surface area contributed by atoms with Crippen LogP contribution in [0.1, 0.15) is 38.4 Å². The number of aryl methyl sites for hydroxylation is 2. The minimum Gasteiger partial charge on any atom is -0.351 e. The van der Waals surface area contributed by atoms with Crippen LogP contribution in [0.5, 0.6) is 0 Å². The lowest BCUT2D eigenvalue weighted by Crippen LogP contribution is -2.40. The average Bonchev–Trinajstić information content (AvgIpc) is 2.35. The van der Waals surface area contributed by atoms with Crippen molar-refractivity contribution in [3.05, 3.63) is 41.6 Å². The van der Waals surface area contributed by atoms with Crippen LogP contribution in [0.15, 0.2) is 30.3 Å². The smallest absolute Gasteiger partial charge is 0.220 e. The van der Waals surface area contributed by atoms with Crippen molar-refractivity contribution in [2.75, 3.05) is 0 Å². The van der Waals surface area contributed by atoms with Crippen molar-refractivity contribution < 1.29 is 4.79 Å². The molecule has 0 bridgehead atoms. The lowest BCUT2D eigenvalue weighted by molar-refractivity contribution is -0.122. The van der Waals surface area contributed by atoms with Gasteiger partial charge in [0, 0.05) is 23.0 Å². The maximum atomic E-state index is 11.8. The first kappa shape index (κ1) is 14.5. The predicted octanol–water partition coefficient (Wildman–Crippen LogP) is 3.39. The van der Waals surface area contributed by atoms with Gasteiger partial charge < -0.3 is 5.32 Å². The summed E-state index contributed by atoms with van der Waals surface area (Å²) in [7, 11) is 0. The molecular weight excluding hydrogens is 248 g/mol. The molecule has 0 aliphatic heterocycles. The Morgan fingerprint density at radius 2 is 1.95 bits per heavy atom. The van der Waals surface area contributed by atoms with Gasteiger partial charge >= 0.3 is 0 Å². The summed E-state index contributed by atoms with van der Waals surface area (Å²) in [5, 5.41) is 4.12. The maximum absolute atomic E-state index is 11.8. The van der Waals surface area contributed by atoms with E-state index in [0.717, 1.165) is 16.6 Å². The molecule has 0 spiro atoms. The minimum absolute atomic E-state index is 0.0733. The zero-order chi connectivity index (χ0) is 14.8. The van der Waals surface area contributed by atoms with E-state index in [-0.39, 0.29) is 11.4 Å². The third-order valence-corrected chi connectivity index (χ3v) is 3.10. The number of amides is 1. The highest BCUT2D eigenvalue weighted by molar-refractivity contribution is 5.82. The average molecular weight is 270 g/mol. The van der Waals surface area contributed by atoms with E-state index in [2.05, 4.69) is 35.4 Å². The van der Waals surface area contributed by atoms with E-state index in [0.29, 0.717) is 12.8 Å². The Labute approximate surface area is 120 Å². The van der Waals surface area contributed by atoms with Crippen LogP contribution < -0.4 is 5.32 Å². The second-order valence-electron chi connectivity index (χ2n) is 6.25. The molecule has 1 aromatic carbocycles. The SMILES string of the molecule is Cc1cccc2ccc(CCC(=O)NC(C)(C)C)nc12. The van der Waals surface area contributed by atoms with Crippen molar-refractivity contribution in [3.8, 4) is 0 Å². The van der Waals surface area contributed by atoms with Crippen molar-refractivity contribution in [1.29, 1.82) is 0 Å². The number of carbonyl (C=O) groups excluding carboxylic acids is 1. The lowest BCUT2D eigenvalue weighted by Gasteiger charge is -2.20. The molecule has 0 saturated carbocycles. The molecule has 0 aliphatic rings. The third-order valence-electron chi connectivity index (χ3n) is 3.10. The monoisotopic (exact) mass is 270 g/mol. The van der Waals surface area contributed by atoms with Gasteiger partial charge in [-0.1, -0.05) is 24.3 Å². The van der Waals surface area contributed by atoms with Gasteiger partial charge in [0.25, 0.3) is 0 Å². The van der Waals surface area contributed by atoms with Crippen molar-refractivity contribution in [2.24, 2.45) is 0 Å². The zero-order valence-electron chi connectivity index (χ0n) is 12.7. The van der Waals surface area contributed by atoms with E-state index in [4.69, 9.17) is 0 Å². The topological polar surface area (TPSA) is 42.0 Å².